The van der Waals surface area contributed by atoms with Crippen LogP contribution < -0.4 is 5.32 Å². The normalized spacial score (nSPS) is 21.1. The van der Waals surface area contributed by atoms with E-state index in [-0.39, 0.29) is 24.0 Å². The number of hydrogen-bond donors (Lipinski definition) is 1. The summed E-state index contributed by atoms with van der Waals surface area (Å²) in [4.78, 5) is 24.0. The Balaban J connectivity index is 0.00000256. The lowest BCUT2D eigenvalue weighted by atomic mass is 10.2. The smallest absolute Gasteiger partial charge is 0.236 e. The lowest BCUT2D eigenvalue weighted by Crippen LogP contribution is -2.55. The van der Waals surface area contributed by atoms with E-state index in [0.29, 0.717) is 18.5 Å². The first-order valence-corrected chi connectivity index (χ1v) is 11.4. The van der Waals surface area contributed by atoms with Crippen molar-refractivity contribution in [3.8, 4) is 0 Å². The third-order valence-electron chi connectivity index (χ3n) is 6.38. The molecule has 0 spiro atoms. The molecule has 7 nitrogen and oxygen atoms in total. The number of halogens is 1. The summed E-state index contributed by atoms with van der Waals surface area (Å²) in [6.45, 7) is 6.86. The molecule has 0 radical (unpaired) electrons. The number of piperazine rings is 1. The maximum Gasteiger partial charge on any atom is 0.236 e. The van der Waals surface area contributed by atoms with Gasteiger partial charge in [-0.1, -0.05) is 12.8 Å². The Morgan fingerprint density at radius 1 is 1.03 bits per heavy atom. The number of rotatable bonds is 6. The molecule has 0 aromatic carbocycles. The maximum absolute atomic E-state index is 12.4. The van der Waals surface area contributed by atoms with Crippen molar-refractivity contribution in [3.05, 3.63) is 24.2 Å². The van der Waals surface area contributed by atoms with Crippen LogP contribution >= 0.6 is 24.0 Å². The van der Waals surface area contributed by atoms with Crippen LogP contribution in [0.1, 0.15) is 44.3 Å². The summed E-state index contributed by atoms with van der Waals surface area (Å²) in [6, 6.07) is 4.49. The topological polar surface area (TPSA) is 64.3 Å². The first kappa shape index (κ1) is 23.4. The van der Waals surface area contributed by atoms with E-state index in [2.05, 4.69) is 15.1 Å². The highest BCUT2D eigenvalue weighted by atomic mass is 127. The quantitative estimate of drug-likeness (QED) is 0.349. The van der Waals surface area contributed by atoms with Gasteiger partial charge >= 0.3 is 0 Å². The minimum atomic E-state index is 0. The van der Waals surface area contributed by atoms with Crippen molar-refractivity contribution in [2.75, 3.05) is 52.4 Å². The number of carbonyl (C=O) groups is 1. The minimum absolute atomic E-state index is 0. The Hall–Kier alpha value is -1.29. The van der Waals surface area contributed by atoms with Gasteiger partial charge in [-0.3, -0.25) is 14.7 Å². The summed E-state index contributed by atoms with van der Waals surface area (Å²) < 4.78 is 5.44. The van der Waals surface area contributed by atoms with Crippen LogP contribution in [0.3, 0.4) is 0 Å². The van der Waals surface area contributed by atoms with E-state index in [1.165, 1.54) is 25.7 Å². The monoisotopic (exact) mass is 529 g/mol. The minimum Gasteiger partial charge on any atom is -0.469 e. The molecule has 3 aliphatic rings. The Bertz CT molecular complexity index is 661. The van der Waals surface area contributed by atoms with Crippen LogP contribution in [0.4, 0.5) is 0 Å². The second kappa shape index (κ2) is 11.9. The maximum atomic E-state index is 12.4. The van der Waals surface area contributed by atoms with Crippen LogP contribution in [0.15, 0.2) is 27.8 Å². The molecule has 30 heavy (non-hydrogen) atoms. The van der Waals surface area contributed by atoms with Gasteiger partial charge in [0.1, 0.15) is 5.76 Å². The van der Waals surface area contributed by atoms with E-state index < -0.39 is 0 Å². The average Bonchev–Trinajstić information content (AvgIpc) is 3.50. The van der Waals surface area contributed by atoms with Gasteiger partial charge in [0.05, 0.1) is 12.8 Å². The summed E-state index contributed by atoms with van der Waals surface area (Å²) in [5.74, 6) is 2.32. The highest BCUT2D eigenvalue weighted by Gasteiger charge is 2.26. The van der Waals surface area contributed by atoms with Crippen LogP contribution in [-0.2, 0) is 11.2 Å². The van der Waals surface area contributed by atoms with Crippen molar-refractivity contribution in [1.82, 2.24) is 20.0 Å². The first-order chi connectivity index (χ1) is 14.3. The number of nitrogens with zero attached hydrogens (tertiary/aromatic N) is 4. The van der Waals surface area contributed by atoms with Crippen LogP contribution in [-0.4, -0.2) is 85.0 Å². The Morgan fingerprint density at radius 3 is 2.43 bits per heavy atom. The fraction of sp³-hybridized carbons (Fsp3) is 0.727. The molecule has 2 aliphatic heterocycles. The number of carbonyl (C=O) groups excluding carboxylic acids is 1. The third kappa shape index (κ3) is 6.60. The highest BCUT2D eigenvalue weighted by molar-refractivity contribution is 14.0. The molecule has 1 aliphatic carbocycles. The fourth-order valence-corrected chi connectivity index (χ4v) is 4.59. The fourth-order valence-electron chi connectivity index (χ4n) is 4.59. The molecule has 1 amide bonds. The lowest BCUT2D eigenvalue weighted by Gasteiger charge is -2.37. The van der Waals surface area contributed by atoms with Crippen molar-refractivity contribution >= 4 is 35.8 Å². The zero-order valence-corrected chi connectivity index (χ0v) is 20.3. The summed E-state index contributed by atoms with van der Waals surface area (Å²) in [7, 11) is 0. The number of furan rings is 1. The molecule has 1 aromatic heterocycles. The first-order valence-electron chi connectivity index (χ1n) is 11.4. The number of nitrogens with one attached hydrogen (secondary N) is 1. The molecule has 8 heteroatoms. The van der Waals surface area contributed by atoms with Gasteiger partial charge in [0.25, 0.3) is 0 Å². The van der Waals surface area contributed by atoms with Gasteiger partial charge in [-0.15, -0.1) is 24.0 Å². The second-order valence-corrected chi connectivity index (χ2v) is 8.51. The summed E-state index contributed by atoms with van der Waals surface area (Å²) >= 11 is 0. The Morgan fingerprint density at radius 2 is 1.77 bits per heavy atom. The number of amides is 1. The molecule has 0 atom stereocenters. The molecular weight excluding hydrogens is 493 g/mol. The predicted molar refractivity (Wildman–Crippen MR) is 129 cm³/mol. The van der Waals surface area contributed by atoms with Gasteiger partial charge in [-0.05, 0) is 37.8 Å². The molecule has 0 unspecified atom stereocenters. The SMILES string of the molecule is I.O=C(CN1CCN(C(=NCCc2ccco2)NC2CCCC2)CC1)N1CCCC1. The Labute approximate surface area is 197 Å². The molecule has 0 bridgehead atoms. The standard InChI is InChI=1S/C22H35N5O2.HI/c28-21(26-11-3-4-12-26)18-25-13-15-27(16-14-25)22(24-19-6-1-2-7-19)23-10-9-20-8-5-17-29-20;/h5,8,17,19H,1-4,6-7,9-16,18H2,(H,23,24);1H. The van der Waals surface area contributed by atoms with E-state index in [0.717, 1.165) is 76.8 Å². The van der Waals surface area contributed by atoms with Crippen LogP contribution in [0.5, 0.6) is 0 Å². The Kier molecular flexibility index (Phi) is 9.29. The zero-order valence-electron chi connectivity index (χ0n) is 17.9. The molecule has 4 rings (SSSR count). The molecule has 1 aromatic rings. The van der Waals surface area contributed by atoms with E-state index in [9.17, 15) is 4.79 Å². The predicted octanol–water partition coefficient (Wildman–Crippen LogP) is 2.57. The van der Waals surface area contributed by atoms with Gasteiger partial charge < -0.3 is 19.5 Å². The third-order valence-corrected chi connectivity index (χ3v) is 6.38. The largest absolute Gasteiger partial charge is 0.469 e. The number of likely N-dealkylation sites (tertiary alicyclic amines) is 1. The second-order valence-electron chi connectivity index (χ2n) is 8.51. The number of guanidine groups is 1. The molecule has 2 saturated heterocycles. The summed E-state index contributed by atoms with van der Waals surface area (Å²) in [5, 5.41) is 3.72. The van der Waals surface area contributed by atoms with Crippen LogP contribution in [0.2, 0.25) is 0 Å². The molecule has 1 saturated carbocycles. The molecule has 1 N–H and O–H groups in total. The van der Waals surface area contributed by atoms with Crippen LogP contribution in [0.25, 0.3) is 0 Å². The average molecular weight is 529 g/mol. The van der Waals surface area contributed by atoms with Crippen LogP contribution in [0, 0.1) is 0 Å². The van der Waals surface area contributed by atoms with E-state index in [1.54, 1.807) is 6.26 Å². The summed E-state index contributed by atoms with van der Waals surface area (Å²) in [5.41, 5.74) is 0. The highest BCUT2D eigenvalue weighted by Crippen LogP contribution is 2.18. The van der Waals surface area contributed by atoms with Gasteiger partial charge in [0, 0.05) is 58.3 Å². The van der Waals surface area contributed by atoms with Gasteiger partial charge in [-0.25, -0.2) is 0 Å². The molecule has 3 fully saturated rings. The zero-order chi connectivity index (χ0) is 19.9. The van der Waals surface area contributed by atoms with Crippen molar-refractivity contribution in [3.63, 3.8) is 0 Å². The van der Waals surface area contributed by atoms with Crippen molar-refractivity contribution in [2.45, 2.75) is 51.0 Å². The number of aliphatic imine (C=N–C) groups is 1. The van der Waals surface area contributed by atoms with E-state index >= 15 is 0 Å². The van der Waals surface area contributed by atoms with Crippen molar-refractivity contribution < 1.29 is 9.21 Å². The van der Waals surface area contributed by atoms with Gasteiger partial charge in [0.2, 0.25) is 5.91 Å². The summed E-state index contributed by atoms with van der Waals surface area (Å²) in [6.07, 6.45) is 9.96. The van der Waals surface area contributed by atoms with Gasteiger partial charge in [0.15, 0.2) is 5.96 Å². The molecule has 168 valence electrons. The van der Waals surface area contributed by atoms with Gasteiger partial charge in [-0.2, -0.15) is 0 Å². The lowest BCUT2D eigenvalue weighted by molar-refractivity contribution is -0.131. The molecule has 3 heterocycles. The van der Waals surface area contributed by atoms with E-state index in [4.69, 9.17) is 9.41 Å². The van der Waals surface area contributed by atoms with Crippen molar-refractivity contribution in [1.29, 1.82) is 0 Å². The molecular formula is C22H36IN5O2. The van der Waals surface area contributed by atoms with E-state index in [1.807, 2.05) is 17.0 Å². The number of hydrogen-bond acceptors (Lipinski definition) is 4. The van der Waals surface area contributed by atoms with Crippen molar-refractivity contribution in [2.24, 2.45) is 4.99 Å².